The molecule has 1 aliphatic heterocycles. The fourth-order valence-electron chi connectivity index (χ4n) is 1.39. The van der Waals surface area contributed by atoms with Gasteiger partial charge >= 0.3 is 0 Å². The monoisotopic (exact) mass is 364 g/mol. The van der Waals surface area contributed by atoms with Crippen LogP contribution in [0, 0.1) is 3.57 Å². The van der Waals surface area contributed by atoms with Gasteiger partial charge in [0.25, 0.3) is 0 Å². The minimum atomic E-state index is 0.458. The zero-order chi connectivity index (χ0) is 10.1. The van der Waals surface area contributed by atoms with E-state index in [9.17, 15) is 0 Å². The van der Waals surface area contributed by atoms with Crippen molar-refractivity contribution in [2.24, 2.45) is 4.99 Å². The molecule has 1 heterocycles. The van der Waals surface area contributed by atoms with Crippen molar-refractivity contribution in [2.45, 2.75) is 13.0 Å². The zero-order valence-corrected chi connectivity index (χ0v) is 11.5. The summed E-state index contributed by atoms with van der Waals surface area (Å²) < 4.78 is 2.32. The van der Waals surface area contributed by atoms with Crippen LogP contribution in [0.5, 0.6) is 0 Å². The predicted molar refractivity (Wildman–Crippen MR) is 70.9 cm³/mol. The summed E-state index contributed by atoms with van der Waals surface area (Å²) in [7, 11) is 0. The normalized spacial score (nSPS) is 20.5. The van der Waals surface area contributed by atoms with Crippen molar-refractivity contribution in [1.82, 2.24) is 5.32 Å². The Morgan fingerprint density at radius 2 is 2.36 bits per heavy atom. The Morgan fingerprint density at radius 1 is 1.57 bits per heavy atom. The van der Waals surface area contributed by atoms with Crippen LogP contribution in [0.25, 0.3) is 0 Å². The average Bonchev–Trinajstić information content (AvgIpc) is 2.56. The fraction of sp³-hybridized carbons (Fsp3) is 0.300. The van der Waals surface area contributed by atoms with Crippen LogP contribution in [0.1, 0.15) is 12.5 Å². The van der Waals surface area contributed by atoms with E-state index >= 15 is 0 Å². The van der Waals surface area contributed by atoms with Crippen LogP contribution in [0.2, 0.25) is 0 Å². The highest BCUT2D eigenvalue weighted by atomic mass is 127. The molecule has 1 aromatic rings. The Kier molecular flexibility index (Phi) is 3.11. The van der Waals surface area contributed by atoms with E-state index in [0.29, 0.717) is 6.04 Å². The fourth-order valence-corrected chi connectivity index (χ4v) is 2.35. The largest absolute Gasteiger partial charge is 0.366 e. The van der Waals surface area contributed by atoms with Gasteiger partial charge in [0.1, 0.15) is 5.84 Å². The first-order valence-corrected chi connectivity index (χ1v) is 6.30. The molecule has 4 heteroatoms. The molecule has 1 aromatic carbocycles. The van der Waals surface area contributed by atoms with Crippen LogP contribution in [-0.4, -0.2) is 18.4 Å². The van der Waals surface area contributed by atoms with Crippen LogP contribution in [0.15, 0.2) is 27.7 Å². The molecule has 2 rings (SSSR count). The van der Waals surface area contributed by atoms with Gasteiger partial charge in [-0.2, -0.15) is 0 Å². The second-order valence-corrected chi connectivity index (χ2v) is 5.44. The lowest BCUT2D eigenvalue weighted by Crippen LogP contribution is -2.28. The summed E-state index contributed by atoms with van der Waals surface area (Å²) in [6.45, 7) is 3.01. The second kappa shape index (κ2) is 4.18. The van der Waals surface area contributed by atoms with Crippen molar-refractivity contribution in [3.05, 3.63) is 31.8 Å². The molecule has 0 aromatic heterocycles. The van der Waals surface area contributed by atoms with Gasteiger partial charge in [-0.05, 0) is 47.7 Å². The first kappa shape index (κ1) is 10.4. The Hall–Kier alpha value is -0.100. The number of aliphatic imine (C=N–C) groups is 1. The first-order valence-electron chi connectivity index (χ1n) is 4.43. The van der Waals surface area contributed by atoms with Crippen LogP contribution < -0.4 is 5.32 Å². The van der Waals surface area contributed by atoms with Gasteiger partial charge in [-0.15, -0.1) is 0 Å². The van der Waals surface area contributed by atoms with E-state index in [2.05, 4.69) is 67.9 Å². The summed E-state index contributed by atoms with van der Waals surface area (Å²) in [5, 5.41) is 3.36. The molecule has 0 aliphatic carbocycles. The third kappa shape index (κ3) is 2.11. The van der Waals surface area contributed by atoms with Gasteiger partial charge in [0.15, 0.2) is 0 Å². The maximum atomic E-state index is 4.47. The van der Waals surface area contributed by atoms with E-state index in [0.717, 1.165) is 16.9 Å². The third-order valence-corrected chi connectivity index (χ3v) is 3.52. The quantitative estimate of drug-likeness (QED) is 0.761. The summed E-state index contributed by atoms with van der Waals surface area (Å²) in [5.41, 5.74) is 1.18. The molecular formula is C10H10BrIN2. The minimum absolute atomic E-state index is 0.458. The molecular weight excluding hydrogens is 355 g/mol. The van der Waals surface area contributed by atoms with E-state index in [1.807, 2.05) is 6.07 Å². The van der Waals surface area contributed by atoms with Gasteiger partial charge in [-0.1, -0.05) is 15.9 Å². The van der Waals surface area contributed by atoms with Gasteiger partial charge in [-0.25, -0.2) is 0 Å². The highest BCUT2D eigenvalue weighted by Crippen LogP contribution is 2.19. The molecule has 0 bridgehead atoms. The van der Waals surface area contributed by atoms with Crippen LogP contribution >= 0.6 is 38.5 Å². The van der Waals surface area contributed by atoms with E-state index in [-0.39, 0.29) is 0 Å². The van der Waals surface area contributed by atoms with Crippen molar-refractivity contribution >= 4 is 44.4 Å². The van der Waals surface area contributed by atoms with Gasteiger partial charge in [-0.3, -0.25) is 4.99 Å². The van der Waals surface area contributed by atoms with E-state index in [1.54, 1.807) is 0 Å². The van der Waals surface area contributed by atoms with Gasteiger partial charge in [0.2, 0.25) is 0 Å². The number of rotatable bonds is 1. The van der Waals surface area contributed by atoms with Crippen LogP contribution in [0.3, 0.4) is 0 Å². The molecule has 1 atom stereocenters. The lowest BCUT2D eigenvalue weighted by molar-refractivity contribution is 0.726. The summed E-state index contributed by atoms with van der Waals surface area (Å²) >= 11 is 5.80. The maximum absolute atomic E-state index is 4.47. The molecule has 1 N–H and O–H groups in total. The molecule has 1 unspecified atom stereocenters. The Bertz CT molecular complexity index is 390. The molecule has 2 nitrogen and oxygen atoms in total. The number of nitrogens with zero attached hydrogens (tertiary/aromatic N) is 1. The van der Waals surface area contributed by atoms with E-state index < -0.39 is 0 Å². The second-order valence-electron chi connectivity index (χ2n) is 3.36. The molecule has 74 valence electrons. The van der Waals surface area contributed by atoms with Crippen molar-refractivity contribution in [2.75, 3.05) is 6.54 Å². The third-order valence-electron chi connectivity index (χ3n) is 2.09. The van der Waals surface area contributed by atoms with Crippen LogP contribution in [0.4, 0.5) is 0 Å². The predicted octanol–water partition coefficient (Wildman–Crippen LogP) is 2.79. The van der Waals surface area contributed by atoms with Crippen LogP contribution in [-0.2, 0) is 0 Å². The molecule has 0 saturated carbocycles. The molecule has 0 radical (unpaired) electrons. The number of benzene rings is 1. The van der Waals surface area contributed by atoms with E-state index in [1.165, 1.54) is 9.13 Å². The molecule has 0 fully saturated rings. The minimum Gasteiger partial charge on any atom is -0.366 e. The Labute approximate surface area is 105 Å². The molecule has 0 spiro atoms. The lowest BCUT2D eigenvalue weighted by Gasteiger charge is -2.08. The highest BCUT2D eigenvalue weighted by Gasteiger charge is 2.16. The standard InChI is InChI=1S/C10H10BrIN2/c1-6-5-13-10(14-6)8-4-7(11)2-3-9(8)12/h2-4,6H,5H2,1H3,(H,13,14). The Balaban J connectivity index is 2.36. The molecule has 0 amide bonds. The zero-order valence-electron chi connectivity index (χ0n) is 7.72. The summed E-state index contributed by atoms with van der Waals surface area (Å²) in [4.78, 5) is 4.47. The number of nitrogens with one attached hydrogen (secondary N) is 1. The number of hydrogen-bond donors (Lipinski definition) is 1. The van der Waals surface area contributed by atoms with E-state index in [4.69, 9.17) is 0 Å². The highest BCUT2D eigenvalue weighted by molar-refractivity contribution is 14.1. The van der Waals surface area contributed by atoms with Crippen molar-refractivity contribution in [1.29, 1.82) is 0 Å². The lowest BCUT2D eigenvalue weighted by atomic mass is 10.2. The van der Waals surface area contributed by atoms with Gasteiger partial charge in [0, 0.05) is 19.6 Å². The smallest absolute Gasteiger partial charge is 0.129 e. The number of amidine groups is 1. The van der Waals surface area contributed by atoms with Gasteiger partial charge in [0.05, 0.1) is 6.54 Å². The summed E-state index contributed by atoms with van der Waals surface area (Å²) in [6.07, 6.45) is 0. The first-order chi connectivity index (χ1) is 6.66. The SMILES string of the molecule is CC1CN=C(c2cc(Br)ccc2I)N1. The average molecular weight is 365 g/mol. The van der Waals surface area contributed by atoms with Crippen molar-refractivity contribution in [3.8, 4) is 0 Å². The number of hydrogen-bond acceptors (Lipinski definition) is 2. The molecule has 14 heavy (non-hydrogen) atoms. The van der Waals surface area contributed by atoms with Crippen molar-refractivity contribution < 1.29 is 0 Å². The topological polar surface area (TPSA) is 24.4 Å². The molecule has 0 saturated heterocycles. The summed E-state index contributed by atoms with van der Waals surface area (Å²) in [5.74, 6) is 1.02. The maximum Gasteiger partial charge on any atom is 0.129 e. The Morgan fingerprint density at radius 3 is 3.00 bits per heavy atom. The number of halogens is 2. The molecule has 1 aliphatic rings. The summed E-state index contributed by atoms with van der Waals surface area (Å²) in [6, 6.07) is 6.70. The van der Waals surface area contributed by atoms with Gasteiger partial charge < -0.3 is 5.32 Å². The van der Waals surface area contributed by atoms with Crippen molar-refractivity contribution in [3.63, 3.8) is 0 Å².